The number of thiazole rings is 1. The number of carbonyl (C=O) groups excluding carboxylic acids is 2. The zero-order chi connectivity index (χ0) is 14.3. The van der Waals surface area contributed by atoms with Crippen LogP contribution in [-0.2, 0) is 14.3 Å². The van der Waals surface area contributed by atoms with E-state index in [4.69, 9.17) is 0 Å². The number of hydrogen-bond acceptors (Lipinski definition) is 5. The number of aromatic nitrogens is 1. The van der Waals surface area contributed by atoms with Crippen molar-refractivity contribution in [1.29, 1.82) is 0 Å². The minimum absolute atomic E-state index is 0.0826. The van der Waals surface area contributed by atoms with E-state index in [9.17, 15) is 9.59 Å². The molecular weight excluding hydrogens is 264 g/mol. The molecular formula is C13H16N2O3S. The van der Waals surface area contributed by atoms with Gasteiger partial charge in [0.25, 0.3) is 0 Å². The fourth-order valence-corrected chi connectivity index (χ4v) is 2.09. The van der Waals surface area contributed by atoms with Crippen LogP contribution in [0, 0.1) is 0 Å². The highest BCUT2D eigenvalue weighted by atomic mass is 32.1. The van der Waals surface area contributed by atoms with Crippen molar-refractivity contribution in [2.24, 2.45) is 0 Å². The number of nitrogens with zero attached hydrogens (tertiary/aromatic N) is 1. The molecule has 0 aromatic carbocycles. The molecule has 1 aromatic heterocycles. The molecule has 0 spiro atoms. The lowest BCUT2D eigenvalue weighted by Gasteiger charge is -2.07. The Kier molecular flexibility index (Phi) is 5.95. The molecule has 5 nitrogen and oxygen atoms in total. The van der Waals surface area contributed by atoms with Crippen molar-refractivity contribution in [3.63, 3.8) is 0 Å². The van der Waals surface area contributed by atoms with Gasteiger partial charge in [-0.15, -0.1) is 11.3 Å². The van der Waals surface area contributed by atoms with Crippen LogP contribution in [0.25, 0.3) is 6.08 Å². The molecule has 102 valence electrons. The Morgan fingerprint density at radius 1 is 1.47 bits per heavy atom. The fraction of sp³-hybridized carbons (Fsp3) is 0.308. The first-order chi connectivity index (χ1) is 9.02. The second-order valence-electron chi connectivity index (χ2n) is 3.77. The van der Waals surface area contributed by atoms with Gasteiger partial charge >= 0.3 is 5.97 Å². The van der Waals surface area contributed by atoms with Crippen LogP contribution in [0.15, 0.2) is 23.6 Å². The summed E-state index contributed by atoms with van der Waals surface area (Å²) in [5.41, 5.74) is 0.784. The third-order valence-corrected chi connectivity index (χ3v) is 3.19. The number of amides is 1. The summed E-state index contributed by atoms with van der Waals surface area (Å²) >= 11 is 1.48. The smallest absolute Gasteiger partial charge is 0.330 e. The first kappa shape index (κ1) is 15.1. The van der Waals surface area contributed by atoms with Gasteiger partial charge in [-0.3, -0.25) is 4.79 Å². The van der Waals surface area contributed by atoms with E-state index in [1.54, 1.807) is 18.2 Å². The van der Waals surface area contributed by atoms with Gasteiger partial charge in [-0.25, -0.2) is 9.78 Å². The molecule has 1 aromatic rings. The molecule has 0 radical (unpaired) electrons. The Bertz CT molecular complexity index is 506. The second-order valence-corrected chi connectivity index (χ2v) is 4.66. The quantitative estimate of drug-likeness (QED) is 0.509. The van der Waals surface area contributed by atoms with Crippen LogP contribution in [-0.4, -0.2) is 24.0 Å². The molecule has 19 heavy (non-hydrogen) atoms. The standard InChI is InChI=1S/C13H16N2O3S/c1-9(14-10(2)16)13-15-11(8-19-13)6-4-5-7-12(17)18-3/h4-9H,1-3H3,(H,14,16)/b6-4-,7-5+/t9-/m1/s1. The maximum absolute atomic E-state index is 10.9. The van der Waals surface area contributed by atoms with E-state index in [1.165, 1.54) is 31.4 Å². The SMILES string of the molecule is COC(=O)/C=C/C=C\c1csc([C@@H](C)NC(C)=O)n1. The van der Waals surface area contributed by atoms with Crippen molar-refractivity contribution >= 4 is 29.3 Å². The van der Waals surface area contributed by atoms with Crippen LogP contribution >= 0.6 is 11.3 Å². The highest BCUT2D eigenvalue weighted by Gasteiger charge is 2.09. The number of methoxy groups -OCH3 is 1. The minimum Gasteiger partial charge on any atom is -0.466 e. The Hall–Kier alpha value is -1.95. The molecule has 0 bridgehead atoms. The highest BCUT2D eigenvalue weighted by Crippen LogP contribution is 2.18. The molecule has 1 atom stereocenters. The van der Waals surface area contributed by atoms with Gasteiger partial charge in [0, 0.05) is 18.4 Å². The van der Waals surface area contributed by atoms with Crippen LogP contribution in [0.2, 0.25) is 0 Å². The zero-order valence-corrected chi connectivity index (χ0v) is 11.9. The van der Waals surface area contributed by atoms with Gasteiger partial charge in [0.1, 0.15) is 5.01 Å². The summed E-state index contributed by atoms with van der Waals surface area (Å²) in [5.74, 6) is -0.483. The Labute approximate surface area is 116 Å². The lowest BCUT2D eigenvalue weighted by molar-refractivity contribution is -0.134. The van der Waals surface area contributed by atoms with Crippen molar-refractivity contribution in [3.8, 4) is 0 Å². The molecule has 0 unspecified atom stereocenters. The van der Waals surface area contributed by atoms with Gasteiger partial charge in [0.05, 0.1) is 18.8 Å². The number of esters is 1. The zero-order valence-electron chi connectivity index (χ0n) is 11.0. The summed E-state index contributed by atoms with van der Waals surface area (Å²) in [6.07, 6.45) is 6.39. The summed E-state index contributed by atoms with van der Waals surface area (Å²) < 4.78 is 4.46. The molecule has 0 aliphatic carbocycles. The summed E-state index contributed by atoms with van der Waals surface area (Å²) in [6, 6.07) is -0.102. The van der Waals surface area contributed by atoms with E-state index >= 15 is 0 Å². The summed E-state index contributed by atoms with van der Waals surface area (Å²) in [7, 11) is 1.33. The Morgan fingerprint density at radius 3 is 2.84 bits per heavy atom. The molecule has 0 fully saturated rings. The molecule has 6 heteroatoms. The van der Waals surface area contributed by atoms with E-state index in [-0.39, 0.29) is 11.9 Å². The Morgan fingerprint density at radius 2 is 2.21 bits per heavy atom. The monoisotopic (exact) mass is 280 g/mol. The van der Waals surface area contributed by atoms with Crippen molar-refractivity contribution in [2.45, 2.75) is 19.9 Å². The van der Waals surface area contributed by atoms with Crippen molar-refractivity contribution in [1.82, 2.24) is 10.3 Å². The maximum Gasteiger partial charge on any atom is 0.330 e. The molecule has 0 aliphatic heterocycles. The Balaban J connectivity index is 2.60. The first-order valence-electron chi connectivity index (χ1n) is 5.68. The molecule has 1 rings (SSSR count). The highest BCUT2D eigenvalue weighted by molar-refractivity contribution is 7.09. The third kappa shape index (κ3) is 5.48. The predicted molar refractivity (Wildman–Crippen MR) is 74.5 cm³/mol. The third-order valence-electron chi connectivity index (χ3n) is 2.14. The van der Waals surface area contributed by atoms with Gasteiger partial charge < -0.3 is 10.1 Å². The van der Waals surface area contributed by atoms with Gasteiger partial charge in [-0.05, 0) is 13.0 Å². The van der Waals surface area contributed by atoms with Crippen LogP contribution in [0.1, 0.15) is 30.6 Å². The normalized spacial score (nSPS) is 12.8. The van der Waals surface area contributed by atoms with Gasteiger partial charge in [-0.2, -0.15) is 0 Å². The molecule has 1 heterocycles. The van der Waals surface area contributed by atoms with E-state index in [1.807, 2.05) is 12.3 Å². The number of allylic oxidation sites excluding steroid dienone is 2. The summed E-state index contributed by atoms with van der Waals surface area (Å²) in [6.45, 7) is 3.35. The predicted octanol–water partition coefficient (Wildman–Crippen LogP) is 2.08. The average Bonchev–Trinajstić information content (AvgIpc) is 2.82. The molecule has 0 aliphatic rings. The number of rotatable bonds is 5. The lowest BCUT2D eigenvalue weighted by atomic mass is 10.3. The van der Waals surface area contributed by atoms with E-state index < -0.39 is 5.97 Å². The first-order valence-corrected chi connectivity index (χ1v) is 6.56. The molecule has 1 amide bonds. The summed E-state index contributed by atoms with van der Waals surface area (Å²) in [5, 5.41) is 5.50. The van der Waals surface area contributed by atoms with Gasteiger partial charge in [0.2, 0.25) is 5.91 Å². The van der Waals surface area contributed by atoms with E-state index in [2.05, 4.69) is 15.0 Å². The maximum atomic E-state index is 10.9. The van der Waals surface area contributed by atoms with Crippen molar-refractivity contribution in [2.75, 3.05) is 7.11 Å². The lowest BCUT2D eigenvalue weighted by Crippen LogP contribution is -2.23. The molecule has 0 saturated heterocycles. The largest absolute Gasteiger partial charge is 0.466 e. The van der Waals surface area contributed by atoms with Crippen molar-refractivity contribution < 1.29 is 14.3 Å². The van der Waals surface area contributed by atoms with Gasteiger partial charge in [-0.1, -0.05) is 12.2 Å². The van der Waals surface area contributed by atoms with E-state index in [0.717, 1.165) is 10.7 Å². The van der Waals surface area contributed by atoms with Crippen LogP contribution in [0.5, 0.6) is 0 Å². The minimum atomic E-state index is -0.400. The topological polar surface area (TPSA) is 68.3 Å². The van der Waals surface area contributed by atoms with Crippen molar-refractivity contribution in [3.05, 3.63) is 34.3 Å². The van der Waals surface area contributed by atoms with Crippen LogP contribution in [0.4, 0.5) is 0 Å². The summed E-state index contributed by atoms with van der Waals surface area (Å²) in [4.78, 5) is 26.1. The molecule has 1 N–H and O–H groups in total. The van der Waals surface area contributed by atoms with Crippen LogP contribution in [0.3, 0.4) is 0 Å². The van der Waals surface area contributed by atoms with Gasteiger partial charge in [0.15, 0.2) is 0 Å². The number of nitrogens with one attached hydrogen (secondary N) is 1. The molecule has 0 saturated carbocycles. The van der Waals surface area contributed by atoms with Crippen LogP contribution < -0.4 is 5.32 Å². The van der Waals surface area contributed by atoms with E-state index in [0.29, 0.717) is 0 Å². The number of carbonyl (C=O) groups is 2. The fourth-order valence-electron chi connectivity index (χ4n) is 1.30. The number of ether oxygens (including phenoxy) is 1. The number of hydrogen-bond donors (Lipinski definition) is 1. The second kappa shape index (κ2) is 7.48. The average molecular weight is 280 g/mol.